The first-order valence-electron chi connectivity index (χ1n) is 10.1. The number of halogens is 2. The van der Waals surface area contributed by atoms with Crippen molar-refractivity contribution < 1.29 is 23.4 Å². The molecule has 0 radical (unpaired) electrons. The summed E-state index contributed by atoms with van der Waals surface area (Å²) < 4.78 is 26.9. The first-order valence-corrected chi connectivity index (χ1v) is 10.1. The van der Waals surface area contributed by atoms with Gasteiger partial charge in [0.2, 0.25) is 0 Å². The van der Waals surface area contributed by atoms with Crippen molar-refractivity contribution in [3.63, 3.8) is 0 Å². The number of hydrogen-bond donors (Lipinski definition) is 3. The summed E-state index contributed by atoms with van der Waals surface area (Å²) in [4.78, 5) is 15.1. The summed E-state index contributed by atoms with van der Waals surface area (Å²) in [5.41, 5.74) is 1.51. The standard InChI is InChI=1S/C23H27F2N3O/c1-18(21-10-9-20(24)16-22(21)25)26-23(29)17-28-14-12-27(13-15-28)11-5-8-19-6-3-2-4-7-19/h2-10,16,18H,11-15,17H2,1H3,(H,26,29)/p+2/b8-5+/t18-/m1/s1. The SMILES string of the molecule is C[C@@H](NC(=O)C[NH+]1CC[NH+](C/C=C/c2ccccc2)CC1)c1ccc(F)cc1F. The normalized spacial score (nSPS) is 20.5. The summed E-state index contributed by atoms with van der Waals surface area (Å²) >= 11 is 0. The average Bonchev–Trinajstić information content (AvgIpc) is 2.70. The van der Waals surface area contributed by atoms with E-state index >= 15 is 0 Å². The van der Waals surface area contributed by atoms with Crippen LogP contribution < -0.4 is 15.1 Å². The molecule has 1 aliphatic heterocycles. The Bertz CT molecular complexity index is 833. The molecule has 1 fully saturated rings. The van der Waals surface area contributed by atoms with E-state index in [1.807, 2.05) is 18.2 Å². The fraction of sp³-hybridized carbons (Fsp3) is 0.348. The number of amides is 1. The highest BCUT2D eigenvalue weighted by atomic mass is 19.1. The molecule has 0 aromatic heterocycles. The fourth-order valence-corrected chi connectivity index (χ4v) is 3.71. The third kappa shape index (κ3) is 6.48. The molecule has 2 aromatic rings. The minimum absolute atomic E-state index is 0.108. The van der Waals surface area contributed by atoms with Crippen LogP contribution in [-0.4, -0.2) is 45.2 Å². The van der Waals surface area contributed by atoms with Crippen LogP contribution in [-0.2, 0) is 4.79 Å². The molecule has 0 bridgehead atoms. The molecule has 1 saturated heterocycles. The van der Waals surface area contributed by atoms with Crippen LogP contribution in [0.2, 0.25) is 0 Å². The van der Waals surface area contributed by atoms with E-state index in [4.69, 9.17) is 0 Å². The van der Waals surface area contributed by atoms with Gasteiger partial charge in [0.05, 0.1) is 12.6 Å². The van der Waals surface area contributed by atoms with Crippen LogP contribution in [0.4, 0.5) is 8.78 Å². The molecule has 4 nitrogen and oxygen atoms in total. The summed E-state index contributed by atoms with van der Waals surface area (Å²) in [6.07, 6.45) is 4.36. The summed E-state index contributed by atoms with van der Waals surface area (Å²) in [5.74, 6) is -1.36. The lowest BCUT2D eigenvalue weighted by molar-refractivity contribution is -1.01. The first-order chi connectivity index (χ1) is 14.0. The Kier molecular flexibility index (Phi) is 7.49. The quantitative estimate of drug-likeness (QED) is 0.626. The van der Waals surface area contributed by atoms with Crippen molar-refractivity contribution in [2.45, 2.75) is 13.0 Å². The van der Waals surface area contributed by atoms with Gasteiger partial charge in [0.15, 0.2) is 6.54 Å². The Labute approximate surface area is 170 Å². The number of carbonyl (C=O) groups excluding carboxylic acids is 1. The molecule has 1 aliphatic rings. The van der Waals surface area contributed by atoms with Gasteiger partial charge in [-0.1, -0.05) is 42.5 Å². The van der Waals surface area contributed by atoms with Crippen molar-refractivity contribution in [1.82, 2.24) is 5.32 Å². The van der Waals surface area contributed by atoms with E-state index < -0.39 is 17.7 Å². The Morgan fingerprint density at radius 1 is 1.07 bits per heavy atom. The maximum atomic E-state index is 13.9. The molecule has 29 heavy (non-hydrogen) atoms. The zero-order chi connectivity index (χ0) is 20.6. The number of quaternary nitrogens is 2. The topological polar surface area (TPSA) is 38.0 Å². The van der Waals surface area contributed by atoms with Crippen LogP contribution >= 0.6 is 0 Å². The van der Waals surface area contributed by atoms with Crippen LogP contribution in [0.3, 0.4) is 0 Å². The Balaban J connectivity index is 1.39. The van der Waals surface area contributed by atoms with Gasteiger partial charge in [-0.25, -0.2) is 8.78 Å². The van der Waals surface area contributed by atoms with Gasteiger partial charge in [-0.3, -0.25) is 4.79 Å². The van der Waals surface area contributed by atoms with Crippen molar-refractivity contribution in [1.29, 1.82) is 0 Å². The minimum atomic E-state index is -0.633. The molecule has 1 heterocycles. The lowest BCUT2D eigenvalue weighted by Crippen LogP contribution is -3.28. The molecule has 6 heteroatoms. The highest BCUT2D eigenvalue weighted by Gasteiger charge is 2.25. The Morgan fingerprint density at radius 2 is 1.76 bits per heavy atom. The monoisotopic (exact) mass is 401 g/mol. The van der Waals surface area contributed by atoms with E-state index in [0.29, 0.717) is 12.1 Å². The van der Waals surface area contributed by atoms with E-state index in [2.05, 4.69) is 29.6 Å². The molecule has 3 N–H and O–H groups in total. The predicted molar refractivity (Wildman–Crippen MR) is 110 cm³/mol. The van der Waals surface area contributed by atoms with Crippen molar-refractivity contribution in [2.24, 2.45) is 0 Å². The van der Waals surface area contributed by atoms with Gasteiger partial charge < -0.3 is 15.1 Å². The third-order valence-electron chi connectivity index (χ3n) is 5.40. The summed E-state index contributed by atoms with van der Waals surface area (Å²) in [5, 5.41) is 2.83. The second kappa shape index (κ2) is 10.3. The lowest BCUT2D eigenvalue weighted by atomic mass is 10.1. The van der Waals surface area contributed by atoms with Crippen LogP contribution in [0.1, 0.15) is 24.1 Å². The van der Waals surface area contributed by atoms with Crippen LogP contribution in [0, 0.1) is 11.6 Å². The van der Waals surface area contributed by atoms with Gasteiger partial charge in [-0.05, 0) is 24.6 Å². The molecule has 0 saturated carbocycles. The van der Waals surface area contributed by atoms with Crippen LogP contribution in [0.15, 0.2) is 54.6 Å². The van der Waals surface area contributed by atoms with Gasteiger partial charge in [0, 0.05) is 11.6 Å². The molecular formula is C23H29F2N3O+2. The number of rotatable bonds is 7. The molecule has 2 aromatic carbocycles. The first kappa shape index (κ1) is 21.1. The van der Waals surface area contributed by atoms with E-state index in [1.165, 1.54) is 27.5 Å². The van der Waals surface area contributed by atoms with E-state index in [-0.39, 0.29) is 5.91 Å². The molecule has 0 spiro atoms. The van der Waals surface area contributed by atoms with Crippen LogP contribution in [0.5, 0.6) is 0 Å². The summed E-state index contributed by atoms with van der Waals surface area (Å²) in [6.45, 7) is 6.97. The summed E-state index contributed by atoms with van der Waals surface area (Å²) in [6, 6.07) is 13.2. The van der Waals surface area contributed by atoms with E-state index in [0.717, 1.165) is 38.8 Å². The molecule has 1 amide bonds. The molecular weight excluding hydrogens is 372 g/mol. The summed E-state index contributed by atoms with van der Waals surface area (Å²) in [7, 11) is 0. The van der Waals surface area contributed by atoms with Crippen LogP contribution in [0.25, 0.3) is 6.08 Å². The molecule has 0 aliphatic carbocycles. The van der Waals surface area contributed by atoms with Crippen molar-refractivity contribution in [3.8, 4) is 0 Å². The predicted octanol–water partition coefficient (Wildman–Crippen LogP) is 0.639. The van der Waals surface area contributed by atoms with E-state index in [9.17, 15) is 13.6 Å². The van der Waals surface area contributed by atoms with Crippen molar-refractivity contribution in [3.05, 3.63) is 77.4 Å². The van der Waals surface area contributed by atoms with Crippen molar-refractivity contribution >= 4 is 12.0 Å². The molecule has 3 rings (SSSR count). The molecule has 0 unspecified atom stereocenters. The maximum absolute atomic E-state index is 13.9. The maximum Gasteiger partial charge on any atom is 0.275 e. The average molecular weight is 402 g/mol. The Morgan fingerprint density at radius 3 is 2.45 bits per heavy atom. The second-order valence-electron chi connectivity index (χ2n) is 7.65. The van der Waals surface area contributed by atoms with E-state index in [1.54, 1.807) is 6.92 Å². The highest BCUT2D eigenvalue weighted by molar-refractivity contribution is 5.77. The third-order valence-corrected chi connectivity index (χ3v) is 5.40. The largest absolute Gasteiger partial charge is 0.345 e. The minimum Gasteiger partial charge on any atom is -0.345 e. The van der Waals surface area contributed by atoms with Gasteiger partial charge in [0.1, 0.15) is 37.8 Å². The van der Waals surface area contributed by atoms with Gasteiger partial charge in [0.25, 0.3) is 5.91 Å². The van der Waals surface area contributed by atoms with Gasteiger partial charge in [-0.2, -0.15) is 0 Å². The zero-order valence-electron chi connectivity index (χ0n) is 16.8. The number of benzene rings is 2. The Hall–Kier alpha value is -2.57. The molecule has 1 atom stereocenters. The van der Waals surface area contributed by atoms with Gasteiger partial charge >= 0.3 is 0 Å². The number of nitrogens with one attached hydrogen (secondary N) is 3. The highest BCUT2D eigenvalue weighted by Crippen LogP contribution is 2.17. The fourth-order valence-electron chi connectivity index (χ4n) is 3.71. The molecule has 154 valence electrons. The van der Waals surface area contributed by atoms with Crippen molar-refractivity contribution in [2.75, 3.05) is 39.3 Å². The lowest BCUT2D eigenvalue weighted by Gasteiger charge is -2.29. The smallest absolute Gasteiger partial charge is 0.275 e. The number of hydrogen-bond acceptors (Lipinski definition) is 1. The van der Waals surface area contributed by atoms with Gasteiger partial charge in [-0.15, -0.1) is 0 Å². The number of carbonyl (C=O) groups is 1. The second-order valence-corrected chi connectivity index (χ2v) is 7.65. The zero-order valence-corrected chi connectivity index (χ0v) is 16.8. The number of piperazine rings is 1.